The molecule has 2 aromatic rings. The van der Waals surface area contributed by atoms with E-state index in [4.69, 9.17) is 5.11 Å². The Kier molecular flexibility index (Phi) is 5.83. The lowest BCUT2D eigenvalue weighted by Crippen LogP contribution is -2.50. The number of carbonyl (C=O) groups is 2. The van der Waals surface area contributed by atoms with E-state index in [1.165, 1.54) is 6.07 Å². The lowest BCUT2D eigenvalue weighted by Gasteiger charge is -2.34. The topological polar surface area (TPSA) is 82.8 Å². The van der Waals surface area contributed by atoms with Crippen LogP contribution >= 0.6 is 0 Å². The molecule has 0 atom stereocenters. The number of piperazine rings is 1. The number of fused-ring (bicyclic) bond motifs is 1. The summed E-state index contributed by atoms with van der Waals surface area (Å²) in [5, 5.41) is 9.10. The molecule has 0 spiro atoms. The van der Waals surface area contributed by atoms with Gasteiger partial charge in [-0.05, 0) is 38.0 Å². The number of nitrogens with zero attached hydrogens (tertiary/aromatic N) is 3. The first-order valence-electron chi connectivity index (χ1n) is 10.5. The molecule has 0 unspecified atom stereocenters. The molecule has 2 heterocycles. The van der Waals surface area contributed by atoms with E-state index in [1.54, 1.807) is 9.47 Å². The summed E-state index contributed by atoms with van der Waals surface area (Å²) in [5.74, 6) is -0.343. The zero-order valence-electron chi connectivity index (χ0n) is 17.3. The first-order chi connectivity index (χ1) is 14.5. The molecule has 1 amide bonds. The van der Waals surface area contributed by atoms with Gasteiger partial charge in [-0.2, -0.15) is 0 Å². The smallest absolute Gasteiger partial charge is 0.268 e. The van der Waals surface area contributed by atoms with Crippen molar-refractivity contribution in [1.29, 1.82) is 0 Å². The van der Waals surface area contributed by atoms with Crippen molar-refractivity contribution in [2.45, 2.75) is 26.2 Å². The lowest BCUT2D eigenvalue weighted by molar-refractivity contribution is 0.0613. The first kappa shape index (κ1) is 20.5. The van der Waals surface area contributed by atoms with Crippen LogP contribution in [0, 0.1) is 6.92 Å². The Morgan fingerprint density at radius 3 is 2.40 bits per heavy atom. The quantitative estimate of drug-likeness (QED) is 0.826. The first-order valence-corrected chi connectivity index (χ1v) is 10.5. The molecule has 1 N–H and O–H groups in total. The van der Waals surface area contributed by atoms with Crippen LogP contribution in [-0.4, -0.2) is 70.5 Å². The van der Waals surface area contributed by atoms with Crippen LogP contribution < -0.4 is 5.56 Å². The number of amides is 1. The number of ketones is 1. The highest BCUT2D eigenvalue weighted by Crippen LogP contribution is 2.24. The van der Waals surface area contributed by atoms with Gasteiger partial charge in [0.2, 0.25) is 0 Å². The van der Waals surface area contributed by atoms with Crippen LogP contribution in [-0.2, 0) is 6.42 Å². The van der Waals surface area contributed by atoms with Crippen molar-refractivity contribution in [1.82, 2.24) is 14.4 Å². The number of carbonyl (C=O) groups excluding carboxylic acids is 2. The van der Waals surface area contributed by atoms with Crippen LogP contribution in [0.25, 0.3) is 5.69 Å². The van der Waals surface area contributed by atoms with Gasteiger partial charge in [-0.15, -0.1) is 0 Å². The van der Waals surface area contributed by atoms with E-state index in [2.05, 4.69) is 4.90 Å². The van der Waals surface area contributed by atoms with Crippen molar-refractivity contribution in [2.24, 2.45) is 0 Å². The number of Topliss-reactive ketones (excluding diaryl/α,β-unsaturated/α-hetero) is 1. The van der Waals surface area contributed by atoms with Crippen LogP contribution in [0.1, 0.15) is 44.8 Å². The maximum atomic E-state index is 13.4. The summed E-state index contributed by atoms with van der Waals surface area (Å²) < 4.78 is 1.56. The van der Waals surface area contributed by atoms with Crippen molar-refractivity contribution in [3.05, 3.63) is 63.1 Å². The van der Waals surface area contributed by atoms with Crippen LogP contribution in [0.15, 0.2) is 35.1 Å². The largest absolute Gasteiger partial charge is 0.395 e. The van der Waals surface area contributed by atoms with Crippen molar-refractivity contribution >= 4 is 11.7 Å². The van der Waals surface area contributed by atoms with Crippen molar-refractivity contribution in [3.8, 4) is 5.69 Å². The molecule has 158 valence electrons. The lowest BCUT2D eigenvalue weighted by atomic mass is 9.92. The van der Waals surface area contributed by atoms with E-state index in [-0.39, 0.29) is 29.4 Å². The molecule has 7 heteroatoms. The van der Waals surface area contributed by atoms with Crippen LogP contribution in [0.2, 0.25) is 0 Å². The monoisotopic (exact) mass is 409 g/mol. The predicted molar refractivity (Wildman–Crippen MR) is 113 cm³/mol. The molecule has 1 saturated heterocycles. The molecule has 7 nitrogen and oxygen atoms in total. The van der Waals surface area contributed by atoms with Gasteiger partial charge in [0.05, 0.1) is 6.61 Å². The van der Waals surface area contributed by atoms with E-state index in [0.717, 1.165) is 5.56 Å². The second kappa shape index (κ2) is 8.53. The van der Waals surface area contributed by atoms with E-state index < -0.39 is 0 Å². The fraction of sp³-hybridized carbons (Fsp3) is 0.435. The molecule has 1 aliphatic carbocycles. The summed E-state index contributed by atoms with van der Waals surface area (Å²) in [5.41, 5.74) is 2.63. The van der Waals surface area contributed by atoms with Crippen molar-refractivity contribution < 1.29 is 14.7 Å². The number of hydrogen-bond donors (Lipinski definition) is 1. The van der Waals surface area contributed by atoms with E-state index >= 15 is 0 Å². The van der Waals surface area contributed by atoms with Crippen LogP contribution in [0.4, 0.5) is 0 Å². The fourth-order valence-corrected chi connectivity index (χ4v) is 4.30. The third-order valence-electron chi connectivity index (χ3n) is 6.02. The molecule has 30 heavy (non-hydrogen) atoms. The fourth-order valence-electron chi connectivity index (χ4n) is 4.30. The minimum Gasteiger partial charge on any atom is -0.395 e. The molecule has 1 fully saturated rings. The Morgan fingerprint density at radius 2 is 1.73 bits per heavy atom. The number of pyridine rings is 1. The minimum atomic E-state index is -0.366. The van der Waals surface area contributed by atoms with E-state index in [9.17, 15) is 14.4 Å². The number of aliphatic hydroxyl groups excluding tert-OH is 1. The zero-order chi connectivity index (χ0) is 21.3. The van der Waals surface area contributed by atoms with Gasteiger partial charge >= 0.3 is 0 Å². The third kappa shape index (κ3) is 3.82. The Morgan fingerprint density at radius 1 is 1.03 bits per heavy atom. The minimum absolute atomic E-state index is 0.0149. The highest BCUT2D eigenvalue weighted by molar-refractivity contribution is 6.02. The Hall–Kier alpha value is -2.77. The highest BCUT2D eigenvalue weighted by Gasteiger charge is 2.29. The summed E-state index contributed by atoms with van der Waals surface area (Å²) in [6.07, 6.45) is 1.78. The molecule has 1 aromatic carbocycles. The van der Waals surface area contributed by atoms with Gasteiger partial charge in [0.15, 0.2) is 5.78 Å². The maximum Gasteiger partial charge on any atom is 0.268 e. The van der Waals surface area contributed by atoms with Crippen molar-refractivity contribution in [2.75, 3.05) is 39.3 Å². The number of aliphatic hydroxyl groups is 1. The zero-order valence-corrected chi connectivity index (χ0v) is 17.3. The number of hydrogen-bond acceptors (Lipinski definition) is 5. The van der Waals surface area contributed by atoms with Gasteiger partial charge in [0, 0.05) is 56.1 Å². The van der Waals surface area contributed by atoms with Crippen LogP contribution in [0.3, 0.4) is 0 Å². The highest BCUT2D eigenvalue weighted by atomic mass is 16.3. The molecule has 0 saturated carbocycles. The van der Waals surface area contributed by atoms with Crippen molar-refractivity contribution in [3.63, 3.8) is 0 Å². The molecule has 1 aliphatic heterocycles. The third-order valence-corrected chi connectivity index (χ3v) is 6.02. The molecular weight excluding hydrogens is 382 g/mol. The van der Waals surface area contributed by atoms with Gasteiger partial charge in [-0.1, -0.05) is 17.7 Å². The number of rotatable bonds is 4. The van der Waals surface area contributed by atoms with Gasteiger partial charge < -0.3 is 10.0 Å². The van der Waals surface area contributed by atoms with Gasteiger partial charge in [-0.3, -0.25) is 23.9 Å². The van der Waals surface area contributed by atoms with E-state index in [1.807, 2.05) is 31.2 Å². The normalized spacial score (nSPS) is 17.1. The summed E-state index contributed by atoms with van der Waals surface area (Å²) >= 11 is 0. The number of benzene rings is 1. The molecule has 1 aromatic heterocycles. The number of aryl methyl sites for hydroxylation is 1. The SMILES string of the molecule is Cc1ccc(-n2c3c(cc(C(=O)N4CCN(CCO)CC4)c2=O)C(=O)CCC3)cc1. The molecular formula is C23H27N3O4. The average Bonchev–Trinajstić information content (AvgIpc) is 2.75. The van der Waals surface area contributed by atoms with Crippen LogP contribution in [0.5, 0.6) is 0 Å². The van der Waals surface area contributed by atoms with Gasteiger partial charge in [-0.25, -0.2) is 0 Å². The number of aromatic nitrogens is 1. The predicted octanol–water partition coefficient (Wildman–Crippen LogP) is 1.42. The summed E-state index contributed by atoms with van der Waals surface area (Å²) in [7, 11) is 0. The molecule has 4 rings (SSSR count). The summed E-state index contributed by atoms with van der Waals surface area (Å²) in [6.45, 7) is 4.94. The molecule has 0 radical (unpaired) electrons. The Labute approximate surface area is 175 Å². The molecule has 0 bridgehead atoms. The second-order valence-electron chi connectivity index (χ2n) is 8.03. The van der Waals surface area contributed by atoms with E-state index in [0.29, 0.717) is 68.9 Å². The Balaban J connectivity index is 1.75. The Bertz CT molecular complexity index is 1020. The standard InChI is InChI=1S/C23H27N3O4/c1-16-5-7-17(8-6-16)26-20-3-2-4-21(28)18(20)15-19(23(26)30)22(29)25-11-9-24(10-12-25)13-14-27/h5-8,15,27H,2-4,9-14H2,1H3. The summed E-state index contributed by atoms with van der Waals surface area (Å²) in [4.78, 5) is 43.1. The van der Waals surface area contributed by atoms with Gasteiger partial charge in [0.1, 0.15) is 5.56 Å². The number of β-amino-alcohol motifs (C(OH)–C–C–N with tert-alkyl or cyclic N) is 1. The maximum absolute atomic E-state index is 13.4. The molecule has 2 aliphatic rings. The second-order valence-corrected chi connectivity index (χ2v) is 8.03. The summed E-state index contributed by atoms with van der Waals surface area (Å²) in [6, 6.07) is 9.09. The average molecular weight is 409 g/mol. The van der Waals surface area contributed by atoms with Gasteiger partial charge in [0.25, 0.3) is 11.5 Å².